The van der Waals surface area contributed by atoms with Crippen molar-refractivity contribution in [3.8, 4) is 11.5 Å². The molecule has 0 atom stereocenters. The van der Waals surface area contributed by atoms with Crippen molar-refractivity contribution in [2.45, 2.75) is 6.92 Å². The van der Waals surface area contributed by atoms with Crippen LogP contribution >= 0.6 is 0 Å². The summed E-state index contributed by atoms with van der Waals surface area (Å²) in [6.45, 7) is 1.86. The number of carbonyl (C=O) groups is 1. The minimum Gasteiger partial charge on any atom is -0.496 e. The number of benzene rings is 2. The van der Waals surface area contributed by atoms with Crippen molar-refractivity contribution < 1.29 is 14.3 Å². The molecule has 20 heavy (non-hydrogen) atoms. The molecular formula is C16H17NO3. The van der Waals surface area contributed by atoms with E-state index in [2.05, 4.69) is 5.32 Å². The molecule has 2 aromatic rings. The molecule has 0 radical (unpaired) electrons. The Bertz CT molecular complexity index is 609. The number of amides is 1. The summed E-state index contributed by atoms with van der Waals surface area (Å²) in [5, 5.41) is 2.84. The van der Waals surface area contributed by atoms with Crippen LogP contribution in [0.4, 0.5) is 5.69 Å². The predicted octanol–water partition coefficient (Wildman–Crippen LogP) is 3.26. The molecule has 4 heteroatoms. The summed E-state index contributed by atoms with van der Waals surface area (Å²) in [5.41, 5.74) is 2.03. The minimum atomic E-state index is -0.209. The van der Waals surface area contributed by atoms with Crippen LogP contribution < -0.4 is 14.8 Å². The highest BCUT2D eigenvalue weighted by molar-refractivity contribution is 6.06. The smallest absolute Gasteiger partial charge is 0.259 e. The number of rotatable bonds is 4. The first-order valence-corrected chi connectivity index (χ1v) is 6.25. The summed E-state index contributed by atoms with van der Waals surface area (Å²) in [4.78, 5) is 12.3. The molecule has 1 N–H and O–H groups in total. The van der Waals surface area contributed by atoms with Gasteiger partial charge in [0.1, 0.15) is 11.5 Å². The van der Waals surface area contributed by atoms with E-state index >= 15 is 0 Å². The number of anilines is 1. The molecular weight excluding hydrogens is 254 g/mol. The average Bonchev–Trinajstić information content (AvgIpc) is 2.47. The van der Waals surface area contributed by atoms with Crippen LogP contribution in [-0.4, -0.2) is 20.1 Å². The number of carbonyl (C=O) groups excluding carboxylic acids is 1. The number of hydrogen-bond donors (Lipinski definition) is 1. The molecule has 0 aliphatic heterocycles. The van der Waals surface area contributed by atoms with Gasteiger partial charge in [-0.05, 0) is 31.2 Å². The van der Waals surface area contributed by atoms with E-state index < -0.39 is 0 Å². The van der Waals surface area contributed by atoms with E-state index in [1.54, 1.807) is 26.4 Å². The molecule has 0 heterocycles. The molecule has 104 valence electrons. The molecule has 0 aromatic heterocycles. The molecule has 0 unspecified atom stereocenters. The zero-order chi connectivity index (χ0) is 14.5. The topological polar surface area (TPSA) is 47.6 Å². The molecule has 4 nitrogen and oxygen atoms in total. The van der Waals surface area contributed by atoms with Gasteiger partial charge in [0, 0.05) is 11.3 Å². The molecule has 1 amide bonds. The molecule has 0 saturated carbocycles. The van der Waals surface area contributed by atoms with Crippen molar-refractivity contribution in [2.75, 3.05) is 19.5 Å². The van der Waals surface area contributed by atoms with Crippen molar-refractivity contribution >= 4 is 11.6 Å². The summed E-state index contributed by atoms with van der Waals surface area (Å²) >= 11 is 0. The fraction of sp³-hybridized carbons (Fsp3) is 0.188. The van der Waals surface area contributed by atoms with Gasteiger partial charge in [-0.1, -0.05) is 18.2 Å². The van der Waals surface area contributed by atoms with E-state index in [9.17, 15) is 4.79 Å². The van der Waals surface area contributed by atoms with Gasteiger partial charge >= 0.3 is 0 Å². The van der Waals surface area contributed by atoms with Crippen LogP contribution in [0.1, 0.15) is 15.9 Å². The lowest BCUT2D eigenvalue weighted by atomic mass is 10.1. The highest BCUT2D eigenvalue weighted by Gasteiger charge is 2.17. The van der Waals surface area contributed by atoms with Gasteiger partial charge in [0.25, 0.3) is 5.91 Å². The average molecular weight is 271 g/mol. The Morgan fingerprint density at radius 1 is 1.00 bits per heavy atom. The van der Waals surface area contributed by atoms with Crippen LogP contribution in [-0.2, 0) is 0 Å². The van der Waals surface area contributed by atoms with E-state index in [0.29, 0.717) is 17.1 Å². The maximum atomic E-state index is 12.3. The van der Waals surface area contributed by atoms with E-state index in [1.807, 2.05) is 37.3 Å². The lowest BCUT2D eigenvalue weighted by Gasteiger charge is -2.14. The minimum absolute atomic E-state index is 0.209. The Labute approximate surface area is 118 Å². The van der Waals surface area contributed by atoms with Crippen molar-refractivity contribution in [3.05, 3.63) is 53.6 Å². The largest absolute Gasteiger partial charge is 0.496 e. The summed E-state index contributed by atoms with van der Waals surface area (Å²) in [6, 6.07) is 12.8. The summed E-state index contributed by atoms with van der Waals surface area (Å²) in [5.74, 6) is 1.01. The SMILES string of the molecule is COc1ccc(C(=O)Nc2ccccc2)c(OC)c1C. The van der Waals surface area contributed by atoms with Gasteiger partial charge in [-0.2, -0.15) is 0 Å². The van der Waals surface area contributed by atoms with Gasteiger partial charge in [-0.15, -0.1) is 0 Å². The first-order chi connectivity index (χ1) is 9.67. The monoisotopic (exact) mass is 271 g/mol. The normalized spacial score (nSPS) is 9.95. The predicted molar refractivity (Wildman–Crippen MR) is 78.7 cm³/mol. The van der Waals surface area contributed by atoms with Gasteiger partial charge in [0.15, 0.2) is 0 Å². The van der Waals surface area contributed by atoms with Crippen molar-refractivity contribution in [1.82, 2.24) is 0 Å². The van der Waals surface area contributed by atoms with E-state index in [1.165, 1.54) is 0 Å². The zero-order valence-electron chi connectivity index (χ0n) is 11.8. The molecule has 2 rings (SSSR count). The van der Waals surface area contributed by atoms with Crippen LogP contribution in [0.5, 0.6) is 11.5 Å². The molecule has 0 fully saturated rings. The lowest BCUT2D eigenvalue weighted by molar-refractivity contribution is 0.102. The quantitative estimate of drug-likeness (QED) is 0.928. The maximum absolute atomic E-state index is 12.3. The molecule has 0 aliphatic rings. The summed E-state index contributed by atoms with van der Waals surface area (Å²) in [6.07, 6.45) is 0. The number of ether oxygens (including phenoxy) is 2. The molecule has 0 aliphatic carbocycles. The van der Waals surface area contributed by atoms with Crippen LogP contribution in [0.25, 0.3) is 0 Å². The van der Waals surface area contributed by atoms with Gasteiger partial charge < -0.3 is 14.8 Å². The fourth-order valence-corrected chi connectivity index (χ4v) is 2.06. The van der Waals surface area contributed by atoms with Crippen LogP contribution in [0.3, 0.4) is 0 Å². The third-order valence-corrected chi connectivity index (χ3v) is 3.06. The first-order valence-electron chi connectivity index (χ1n) is 6.25. The summed E-state index contributed by atoms with van der Waals surface area (Å²) in [7, 11) is 3.13. The second-order valence-corrected chi connectivity index (χ2v) is 4.29. The third kappa shape index (κ3) is 2.74. The molecule has 0 bridgehead atoms. The van der Waals surface area contributed by atoms with Crippen molar-refractivity contribution in [2.24, 2.45) is 0 Å². The van der Waals surface area contributed by atoms with Gasteiger partial charge in [-0.3, -0.25) is 4.79 Å². The third-order valence-electron chi connectivity index (χ3n) is 3.06. The lowest BCUT2D eigenvalue weighted by Crippen LogP contribution is -2.13. The Hall–Kier alpha value is -2.49. The molecule has 0 saturated heterocycles. The van der Waals surface area contributed by atoms with Crippen LogP contribution in [0.2, 0.25) is 0 Å². The zero-order valence-corrected chi connectivity index (χ0v) is 11.8. The number of nitrogens with one attached hydrogen (secondary N) is 1. The fourth-order valence-electron chi connectivity index (χ4n) is 2.06. The second-order valence-electron chi connectivity index (χ2n) is 4.29. The highest BCUT2D eigenvalue weighted by Crippen LogP contribution is 2.31. The van der Waals surface area contributed by atoms with Crippen molar-refractivity contribution in [3.63, 3.8) is 0 Å². The Morgan fingerprint density at radius 2 is 1.70 bits per heavy atom. The van der Waals surface area contributed by atoms with E-state index in [-0.39, 0.29) is 5.91 Å². The Balaban J connectivity index is 2.33. The van der Waals surface area contributed by atoms with E-state index in [4.69, 9.17) is 9.47 Å². The Kier molecular flexibility index (Phi) is 4.25. The van der Waals surface area contributed by atoms with Gasteiger partial charge in [0.05, 0.1) is 19.8 Å². The number of methoxy groups -OCH3 is 2. The highest BCUT2D eigenvalue weighted by atomic mass is 16.5. The second kappa shape index (κ2) is 6.10. The van der Waals surface area contributed by atoms with Crippen LogP contribution in [0, 0.1) is 6.92 Å². The standard InChI is InChI=1S/C16H17NO3/c1-11-14(19-2)10-9-13(15(11)20-3)16(18)17-12-7-5-4-6-8-12/h4-10H,1-3H3,(H,17,18). The molecule has 2 aromatic carbocycles. The van der Waals surface area contributed by atoms with E-state index in [0.717, 1.165) is 11.3 Å². The van der Waals surface area contributed by atoms with Crippen molar-refractivity contribution in [1.29, 1.82) is 0 Å². The number of hydrogen-bond acceptors (Lipinski definition) is 3. The van der Waals surface area contributed by atoms with Gasteiger partial charge in [-0.25, -0.2) is 0 Å². The Morgan fingerprint density at radius 3 is 2.30 bits per heavy atom. The van der Waals surface area contributed by atoms with Crippen LogP contribution in [0.15, 0.2) is 42.5 Å². The number of para-hydroxylation sites is 1. The van der Waals surface area contributed by atoms with Gasteiger partial charge in [0.2, 0.25) is 0 Å². The maximum Gasteiger partial charge on any atom is 0.259 e. The molecule has 0 spiro atoms. The first kappa shape index (κ1) is 13.9. The summed E-state index contributed by atoms with van der Waals surface area (Å²) < 4.78 is 10.6.